The molecule has 0 bridgehead atoms. The molecule has 0 unspecified atom stereocenters. The lowest BCUT2D eigenvalue weighted by Gasteiger charge is -2.32. The average Bonchev–Trinajstić information content (AvgIpc) is 2.43. The zero-order valence-corrected chi connectivity index (χ0v) is 13.4. The maximum absolute atomic E-state index is 12.0. The first-order valence-electron chi connectivity index (χ1n) is 7.07. The number of piperidine rings is 1. The number of rotatable bonds is 5. The number of carbonyl (C=O) groups is 1. The molecule has 1 fully saturated rings. The van der Waals surface area contributed by atoms with Crippen molar-refractivity contribution >= 4 is 34.7 Å². The van der Waals surface area contributed by atoms with Crippen LogP contribution in [0.5, 0.6) is 0 Å². The van der Waals surface area contributed by atoms with Gasteiger partial charge in [0.1, 0.15) is 0 Å². The summed E-state index contributed by atoms with van der Waals surface area (Å²) >= 11 is 10.7. The van der Waals surface area contributed by atoms with E-state index in [0.29, 0.717) is 23.0 Å². The Morgan fingerprint density at radius 3 is 2.52 bits per heavy atom. The predicted molar refractivity (Wildman–Crippen MR) is 89.5 cm³/mol. The Balaban J connectivity index is 1.74. The van der Waals surface area contributed by atoms with Crippen LogP contribution in [0.1, 0.15) is 18.4 Å². The van der Waals surface area contributed by atoms with Gasteiger partial charge in [0, 0.05) is 30.7 Å². The minimum Gasteiger partial charge on any atom is -0.392 e. The highest BCUT2D eigenvalue weighted by Gasteiger charge is 2.20. The van der Waals surface area contributed by atoms with Crippen LogP contribution in [0.25, 0.3) is 0 Å². The second-order valence-electron chi connectivity index (χ2n) is 5.39. The molecule has 1 heterocycles. The van der Waals surface area contributed by atoms with Crippen molar-refractivity contribution in [3.8, 4) is 0 Å². The third-order valence-electron chi connectivity index (χ3n) is 3.61. The van der Waals surface area contributed by atoms with Crippen LogP contribution in [0.15, 0.2) is 24.3 Å². The first-order chi connectivity index (χ1) is 10.0. The second-order valence-corrected chi connectivity index (χ2v) is 6.35. The van der Waals surface area contributed by atoms with Gasteiger partial charge in [0.05, 0.1) is 11.4 Å². The topological polar surface area (TPSA) is 58.4 Å². The van der Waals surface area contributed by atoms with E-state index in [9.17, 15) is 4.79 Å². The number of likely N-dealkylation sites (tertiary alicyclic amines) is 1. The summed E-state index contributed by atoms with van der Waals surface area (Å²) in [6, 6.07) is 7.61. The molecule has 3 N–H and O–H groups in total. The SMILES string of the molecule is NC(=S)CN1CCC(NC(=O)Cc2ccc(Cl)cc2)CC1. The molecule has 1 aliphatic rings. The van der Waals surface area contributed by atoms with Crippen LogP contribution in [-0.4, -0.2) is 41.5 Å². The van der Waals surface area contributed by atoms with Crippen LogP contribution in [0.3, 0.4) is 0 Å². The van der Waals surface area contributed by atoms with E-state index in [1.807, 2.05) is 12.1 Å². The normalized spacial score (nSPS) is 16.6. The Morgan fingerprint density at radius 2 is 1.95 bits per heavy atom. The standard InChI is InChI=1S/C15H20ClN3OS/c16-12-3-1-11(2-4-12)9-15(20)18-13-5-7-19(8-6-13)10-14(17)21/h1-4,13H,5-10H2,(H2,17,21)(H,18,20). The lowest BCUT2D eigenvalue weighted by Crippen LogP contribution is -2.46. The summed E-state index contributed by atoms with van der Waals surface area (Å²) in [5.74, 6) is 0.0603. The van der Waals surface area contributed by atoms with Crippen molar-refractivity contribution in [1.82, 2.24) is 10.2 Å². The van der Waals surface area contributed by atoms with Gasteiger partial charge < -0.3 is 11.1 Å². The van der Waals surface area contributed by atoms with E-state index in [0.717, 1.165) is 31.5 Å². The Hall–Kier alpha value is -1.17. The largest absolute Gasteiger partial charge is 0.392 e. The fraction of sp³-hybridized carbons (Fsp3) is 0.467. The van der Waals surface area contributed by atoms with Gasteiger partial charge in [-0.05, 0) is 30.5 Å². The van der Waals surface area contributed by atoms with Crippen LogP contribution in [-0.2, 0) is 11.2 Å². The summed E-state index contributed by atoms with van der Waals surface area (Å²) in [6.07, 6.45) is 2.27. The van der Waals surface area contributed by atoms with Gasteiger partial charge in [-0.3, -0.25) is 9.69 Å². The van der Waals surface area contributed by atoms with E-state index in [2.05, 4.69) is 10.2 Å². The Bertz CT molecular complexity index is 498. The molecular weight excluding hydrogens is 306 g/mol. The maximum atomic E-state index is 12.0. The zero-order chi connectivity index (χ0) is 15.2. The summed E-state index contributed by atoms with van der Waals surface area (Å²) in [4.78, 5) is 14.8. The molecule has 1 aliphatic heterocycles. The molecule has 6 heteroatoms. The number of amides is 1. The fourth-order valence-corrected chi connectivity index (χ4v) is 2.83. The first kappa shape index (κ1) is 16.2. The monoisotopic (exact) mass is 325 g/mol. The summed E-state index contributed by atoms with van der Waals surface area (Å²) in [5.41, 5.74) is 6.52. The van der Waals surface area contributed by atoms with Gasteiger partial charge in [0.25, 0.3) is 0 Å². The first-order valence-corrected chi connectivity index (χ1v) is 7.86. The minimum atomic E-state index is 0.0603. The van der Waals surface area contributed by atoms with Crippen LogP contribution >= 0.6 is 23.8 Å². The van der Waals surface area contributed by atoms with E-state index >= 15 is 0 Å². The average molecular weight is 326 g/mol. The van der Waals surface area contributed by atoms with E-state index in [-0.39, 0.29) is 11.9 Å². The predicted octanol–water partition coefficient (Wildman–Crippen LogP) is 1.75. The number of nitrogens with zero attached hydrogens (tertiary/aromatic N) is 1. The van der Waals surface area contributed by atoms with E-state index < -0.39 is 0 Å². The molecule has 0 saturated carbocycles. The number of hydrogen-bond acceptors (Lipinski definition) is 3. The van der Waals surface area contributed by atoms with Crippen LogP contribution in [0.4, 0.5) is 0 Å². The molecular formula is C15H20ClN3OS. The lowest BCUT2D eigenvalue weighted by molar-refractivity contribution is -0.121. The number of thiocarbonyl (C=S) groups is 1. The van der Waals surface area contributed by atoms with Gasteiger partial charge >= 0.3 is 0 Å². The van der Waals surface area contributed by atoms with Crippen LogP contribution in [0.2, 0.25) is 5.02 Å². The molecule has 114 valence electrons. The highest BCUT2D eigenvalue weighted by molar-refractivity contribution is 7.80. The lowest BCUT2D eigenvalue weighted by atomic mass is 10.0. The van der Waals surface area contributed by atoms with Crippen molar-refractivity contribution in [3.63, 3.8) is 0 Å². The summed E-state index contributed by atoms with van der Waals surface area (Å²) in [6.45, 7) is 2.51. The Labute approximate surface area is 135 Å². The Kier molecular flexibility index (Phi) is 5.96. The van der Waals surface area contributed by atoms with E-state index in [1.54, 1.807) is 12.1 Å². The molecule has 0 aliphatic carbocycles. The van der Waals surface area contributed by atoms with Crippen molar-refractivity contribution in [1.29, 1.82) is 0 Å². The van der Waals surface area contributed by atoms with Gasteiger partial charge in [0.2, 0.25) is 5.91 Å². The number of carbonyl (C=O) groups excluding carboxylic acids is 1. The molecule has 21 heavy (non-hydrogen) atoms. The van der Waals surface area contributed by atoms with Gasteiger partial charge in [-0.15, -0.1) is 0 Å². The molecule has 1 saturated heterocycles. The maximum Gasteiger partial charge on any atom is 0.224 e. The zero-order valence-electron chi connectivity index (χ0n) is 11.8. The summed E-state index contributed by atoms with van der Waals surface area (Å²) < 4.78 is 0. The second kappa shape index (κ2) is 7.73. The van der Waals surface area contributed by atoms with Gasteiger partial charge in [-0.1, -0.05) is 36.0 Å². The van der Waals surface area contributed by atoms with Crippen molar-refractivity contribution < 1.29 is 4.79 Å². The third-order valence-corrected chi connectivity index (χ3v) is 3.99. The highest BCUT2D eigenvalue weighted by Crippen LogP contribution is 2.12. The molecule has 1 aromatic rings. The Morgan fingerprint density at radius 1 is 1.33 bits per heavy atom. The van der Waals surface area contributed by atoms with Gasteiger partial charge in [-0.25, -0.2) is 0 Å². The van der Waals surface area contributed by atoms with Gasteiger partial charge in [0.15, 0.2) is 0 Å². The molecule has 0 aromatic heterocycles. The van der Waals surface area contributed by atoms with Gasteiger partial charge in [-0.2, -0.15) is 0 Å². The number of hydrogen-bond donors (Lipinski definition) is 2. The quantitative estimate of drug-likeness (QED) is 0.810. The van der Waals surface area contributed by atoms with Crippen LogP contribution in [0, 0.1) is 0 Å². The van der Waals surface area contributed by atoms with Crippen LogP contribution < -0.4 is 11.1 Å². The molecule has 0 spiro atoms. The minimum absolute atomic E-state index is 0.0603. The molecule has 2 rings (SSSR count). The summed E-state index contributed by atoms with van der Waals surface area (Å²) in [7, 11) is 0. The highest BCUT2D eigenvalue weighted by atomic mass is 35.5. The molecule has 0 atom stereocenters. The number of nitrogens with one attached hydrogen (secondary N) is 1. The van der Waals surface area contributed by atoms with Crippen molar-refractivity contribution in [2.45, 2.75) is 25.3 Å². The molecule has 0 radical (unpaired) electrons. The van der Waals surface area contributed by atoms with E-state index in [1.165, 1.54) is 0 Å². The molecule has 1 aromatic carbocycles. The van der Waals surface area contributed by atoms with Crippen molar-refractivity contribution in [2.75, 3.05) is 19.6 Å². The smallest absolute Gasteiger partial charge is 0.224 e. The number of benzene rings is 1. The fourth-order valence-electron chi connectivity index (χ4n) is 2.52. The molecule has 4 nitrogen and oxygen atoms in total. The number of nitrogens with two attached hydrogens (primary N) is 1. The summed E-state index contributed by atoms with van der Waals surface area (Å²) in [5, 5.41) is 3.78. The van der Waals surface area contributed by atoms with Crippen molar-refractivity contribution in [2.24, 2.45) is 5.73 Å². The molecule has 1 amide bonds. The van der Waals surface area contributed by atoms with Crippen molar-refractivity contribution in [3.05, 3.63) is 34.9 Å². The van der Waals surface area contributed by atoms with E-state index in [4.69, 9.17) is 29.6 Å². The third kappa shape index (κ3) is 5.61. The number of halogens is 1.